The number of hydrogen-bond donors (Lipinski definition) is 2. The highest BCUT2D eigenvalue weighted by molar-refractivity contribution is 7.92. The molecule has 0 atom stereocenters. The van der Waals surface area contributed by atoms with Crippen molar-refractivity contribution in [2.24, 2.45) is 0 Å². The van der Waals surface area contributed by atoms with Crippen LogP contribution in [0.15, 0.2) is 48.5 Å². The first kappa shape index (κ1) is 30.2. The third kappa shape index (κ3) is 9.70. The van der Waals surface area contributed by atoms with Gasteiger partial charge in [-0.3, -0.25) is 9.62 Å². The third-order valence-corrected chi connectivity index (χ3v) is 8.52. The molecule has 220 valence electrons. The van der Waals surface area contributed by atoms with Gasteiger partial charge in [-0.15, -0.1) is 0 Å². The summed E-state index contributed by atoms with van der Waals surface area (Å²) in [7, 11) is -3.30. The molecule has 1 saturated heterocycles. The third-order valence-electron chi connectivity index (χ3n) is 7.92. The van der Waals surface area contributed by atoms with E-state index in [0.29, 0.717) is 23.5 Å². The number of likely N-dealkylation sites (tertiary alicyclic amines) is 1. The molecule has 4 rings (SSSR count). The van der Waals surface area contributed by atoms with Crippen molar-refractivity contribution >= 4 is 21.7 Å². The van der Waals surface area contributed by atoms with Crippen molar-refractivity contribution in [2.45, 2.75) is 89.8 Å². The monoisotopic (exact) mass is 570 g/mol. The largest absolute Gasteiger partial charge is 0.457 e. The molecule has 0 aromatic heterocycles. The molecule has 0 radical (unpaired) electrons. The number of nitrogens with one attached hydrogen (secondary N) is 2. The fourth-order valence-corrected chi connectivity index (χ4v) is 6.30. The van der Waals surface area contributed by atoms with Gasteiger partial charge in [0.15, 0.2) is 0 Å². The molecule has 2 amide bonds. The zero-order valence-electron chi connectivity index (χ0n) is 24.1. The van der Waals surface area contributed by atoms with E-state index in [2.05, 4.69) is 38.9 Å². The van der Waals surface area contributed by atoms with Gasteiger partial charge in [-0.05, 0) is 74.1 Å². The van der Waals surface area contributed by atoms with Crippen LogP contribution >= 0.6 is 0 Å². The summed E-state index contributed by atoms with van der Waals surface area (Å²) in [4.78, 5) is 17.9. The molecule has 2 N–H and O–H groups in total. The van der Waals surface area contributed by atoms with Crippen LogP contribution in [0.2, 0.25) is 0 Å². The van der Waals surface area contributed by atoms with Gasteiger partial charge in [0.2, 0.25) is 10.0 Å². The van der Waals surface area contributed by atoms with Gasteiger partial charge < -0.3 is 15.0 Å². The number of unbranched alkanes of at least 4 members (excludes halogenated alkanes) is 2. The quantitative estimate of drug-likeness (QED) is 0.290. The second-order valence-corrected chi connectivity index (χ2v) is 13.1. The fraction of sp³-hybridized carbons (Fsp3) is 0.581. The van der Waals surface area contributed by atoms with Crippen LogP contribution < -0.4 is 14.8 Å². The van der Waals surface area contributed by atoms with E-state index in [4.69, 9.17) is 4.74 Å². The Morgan fingerprint density at radius 3 is 2.15 bits per heavy atom. The van der Waals surface area contributed by atoms with Crippen molar-refractivity contribution < 1.29 is 17.9 Å². The fourth-order valence-electron chi connectivity index (χ4n) is 5.74. The van der Waals surface area contributed by atoms with Crippen LogP contribution in [0.4, 0.5) is 10.5 Å². The van der Waals surface area contributed by atoms with Crippen molar-refractivity contribution in [1.82, 2.24) is 15.1 Å². The van der Waals surface area contributed by atoms with Crippen molar-refractivity contribution in [1.29, 1.82) is 0 Å². The second-order valence-electron chi connectivity index (χ2n) is 11.3. The van der Waals surface area contributed by atoms with E-state index in [1.807, 2.05) is 12.1 Å². The Kier molecular flexibility index (Phi) is 11.1. The molecule has 1 heterocycles. The minimum atomic E-state index is -3.30. The highest BCUT2D eigenvalue weighted by atomic mass is 32.2. The van der Waals surface area contributed by atoms with E-state index in [-0.39, 0.29) is 6.03 Å². The summed E-state index contributed by atoms with van der Waals surface area (Å²) in [5.74, 6) is 1.38. The SMILES string of the molecule is CCCCCN(C(=O)NC1CCCCC1)C1CCN(Cc2ccc(Oc3ccc(NS(C)(=O)=O)cc3)cc2)CC1. The normalized spacial score (nSPS) is 17.4. The van der Waals surface area contributed by atoms with Gasteiger partial charge in [0.1, 0.15) is 11.5 Å². The number of amides is 2. The first-order valence-electron chi connectivity index (χ1n) is 14.9. The summed E-state index contributed by atoms with van der Waals surface area (Å²) in [6, 6.07) is 15.8. The number of benzene rings is 2. The van der Waals surface area contributed by atoms with Gasteiger partial charge >= 0.3 is 6.03 Å². The highest BCUT2D eigenvalue weighted by Crippen LogP contribution is 2.25. The predicted octanol–water partition coefficient (Wildman–Crippen LogP) is 6.35. The van der Waals surface area contributed by atoms with Crippen molar-refractivity contribution in [3.8, 4) is 11.5 Å². The molecule has 1 saturated carbocycles. The molecule has 9 heteroatoms. The van der Waals surface area contributed by atoms with E-state index in [1.165, 1.54) is 24.8 Å². The van der Waals surface area contributed by atoms with Gasteiger partial charge in [-0.25, -0.2) is 13.2 Å². The summed E-state index contributed by atoms with van der Waals surface area (Å²) in [6.45, 7) is 5.91. The molecule has 2 aromatic carbocycles. The number of ether oxygens (including phenoxy) is 1. The topological polar surface area (TPSA) is 91.0 Å². The summed E-state index contributed by atoms with van der Waals surface area (Å²) in [6.07, 6.45) is 12.5. The lowest BCUT2D eigenvalue weighted by atomic mass is 9.95. The zero-order valence-corrected chi connectivity index (χ0v) is 24.9. The first-order valence-corrected chi connectivity index (χ1v) is 16.8. The van der Waals surface area contributed by atoms with Crippen LogP contribution in [0.5, 0.6) is 11.5 Å². The van der Waals surface area contributed by atoms with Crippen LogP contribution in [0.1, 0.15) is 76.7 Å². The standard InChI is InChI=1S/C31H46N4O4S/c1-3-4-8-21-35(31(36)32-26-9-6-5-7-10-26)28-19-22-34(23-20-28)24-25-11-15-29(16-12-25)39-30-17-13-27(14-18-30)33-40(2,37)38/h11-18,26,28,33H,3-10,19-24H2,1-2H3,(H,32,36). The van der Waals surface area contributed by atoms with Crippen molar-refractivity contribution in [3.63, 3.8) is 0 Å². The average molecular weight is 571 g/mol. The summed E-state index contributed by atoms with van der Waals surface area (Å²) in [5.41, 5.74) is 1.73. The maximum atomic E-state index is 13.3. The van der Waals surface area contributed by atoms with Crippen LogP contribution in [0.3, 0.4) is 0 Å². The minimum absolute atomic E-state index is 0.151. The van der Waals surface area contributed by atoms with E-state index in [0.717, 1.165) is 83.1 Å². The first-order chi connectivity index (χ1) is 19.3. The number of hydrogen-bond acceptors (Lipinski definition) is 5. The van der Waals surface area contributed by atoms with Crippen LogP contribution in [0, 0.1) is 0 Å². The van der Waals surface area contributed by atoms with Gasteiger partial charge in [-0.2, -0.15) is 0 Å². The lowest BCUT2D eigenvalue weighted by Gasteiger charge is -2.39. The lowest BCUT2D eigenvalue weighted by Crippen LogP contribution is -2.53. The molecule has 0 bridgehead atoms. The number of rotatable bonds is 12. The Bertz CT molecular complexity index is 1160. The molecule has 40 heavy (non-hydrogen) atoms. The Labute approximate surface area is 240 Å². The lowest BCUT2D eigenvalue weighted by molar-refractivity contribution is 0.113. The predicted molar refractivity (Wildman–Crippen MR) is 161 cm³/mol. The summed E-state index contributed by atoms with van der Waals surface area (Å²) < 4.78 is 31.1. The maximum Gasteiger partial charge on any atom is 0.317 e. The summed E-state index contributed by atoms with van der Waals surface area (Å²) in [5, 5.41) is 3.36. The Balaban J connectivity index is 1.25. The minimum Gasteiger partial charge on any atom is -0.457 e. The van der Waals surface area contributed by atoms with E-state index >= 15 is 0 Å². The molecule has 2 fully saturated rings. The van der Waals surface area contributed by atoms with Crippen LogP contribution in [-0.2, 0) is 16.6 Å². The molecule has 2 aliphatic rings. The second kappa shape index (κ2) is 14.7. The zero-order chi connectivity index (χ0) is 28.4. The smallest absolute Gasteiger partial charge is 0.317 e. The highest BCUT2D eigenvalue weighted by Gasteiger charge is 2.29. The number of sulfonamides is 1. The Hall–Kier alpha value is -2.78. The number of carbonyl (C=O) groups is 1. The van der Waals surface area contributed by atoms with Crippen LogP contribution in [-0.4, -0.2) is 62.2 Å². The van der Waals surface area contributed by atoms with Gasteiger partial charge in [-0.1, -0.05) is 51.2 Å². The number of piperidine rings is 1. The Morgan fingerprint density at radius 1 is 0.925 bits per heavy atom. The molecule has 8 nitrogen and oxygen atoms in total. The van der Waals surface area contributed by atoms with E-state index < -0.39 is 10.0 Å². The van der Waals surface area contributed by atoms with Gasteiger partial charge in [0.25, 0.3) is 0 Å². The van der Waals surface area contributed by atoms with Gasteiger partial charge in [0, 0.05) is 44.0 Å². The summed E-state index contributed by atoms with van der Waals surface area (Å²) >= 11 is 0. The Morgan fingerprint density at radius 2 is 1.55 bits per heavy atom. The number of carbonyl (C=O) groups excluding carboxylic acids is 1. The van der Waals surface area contributed by atoms with Crippen molar-refractivity contribution in [3.05, 3.63) is 54.1 Å². The maximum absolute atomic E-state index is 13.3. The molecule has 0 spiro atoms. The molecule has 1 aliphatic heterocycles. The van der Waals surface area contributed by atoms with Crippen LogP contribution in [0.25, 0.3) is 0 Å². The number of anilines is 1. The molecular weight excluding hydrogens is 524 g/mol. The molecule has 0 unspecified atom stereocenters. The molecule has 2 aromatic rings. The van der Waals surface area contributed by atoms with E-state index in [9.17, 15) is 13.2 Å². The number of urea groups is 1. The van der Waals surface area contributed by atoms with Crippen molar-refractivity contribution in [2.75, 3.05) is 30.6 Å². The average Bonchev–Trinajstić information content (AvgIpc) is 2.94. The van der Waals surface area contributed by atoms with Gasteiger partial charge in [0.05, 0.1) is 6.26 Å². The van der Waals surface area contributed by atoms with E-state index in [1.54, 1.807) is 24.3 Å². The molecule has 1 aliphatic carbocycles. The number of nitrogens with zero attached hydrogens (tertiary/aromatic N) is 2. The molecular formula is C31H46N4O4S.